The van der Waals surface area contributed by atoms with Crippen LogP contribution >= 0.6 is 0 Å². The third-order valence-corrected chi connectivity index (χ3v) is 5.53. The third-order valence-electron chi connectivity index (χ3n) is 5.53. The topological polar surface area (TPSA) is 32.3 Å². The van der Waals surface area contributed by atoms with Crippen LogP contribution in [-0.2, 0) is 24.7 Å². The van der Waals surface area contributed by atoms with Crippen LogP contribution in [0.5, 0.6) is 0 Å². The summed E-state index contributed by atoms with van der Waals surface area (Å²) < 4.78 is 161. The summed E-state index contributed by atoms with van der Waals surface area (Å²) in [4.78, 5) is 0. The molecule has 2 aromatic rings. The zero-order chi connectivity index (χ0) is 26.6. The van der Waals surface area contributed by atoms with Crippen molar-refractivity contribution < 1.29 is 57.8 Å². The van der Waals surface area contributed by atoms with Gasteiger partial charge < -0.3 is 10.4 Å². The Balaban J connectivity index is 2.34. The molecule has 1 heterocycles. The molecular weight excluding hydrogens is 510 g/mol. The first-order chi connectivity index (χ1) is 15.8. The van der Waals surface area contributed by atoms with Crippen molar-refractivity contribution in [1.29, 1.82) is 0 Å². The lowest BCUT2D eigenvalue weighted by Gasteiger charge is -2.26. The summed E-state index contributed by atoms with van der Waals surface area (Å²) in [6.45, 7) is -0.00907. The smallest absolute Gasteiger partial charge is 0.384 e. The normalized spacial score (nSPS) is 18.7. The quantitative estimate of drug-likeness (QED) is 0.427. The summed E-state index contributed by atoms with van der Waals surface area (Å²) >= 11 is 0. The molecule has 2 N–H and O–H groups in total. The van der Waals surface area contributed by atoms with Gasteiger partial charge in [0, 0.05) is 6.54 Å². The minimum Gasteiger partial charge on any atom is -0.384 e. The molecule has 0 radical (unpaired) electrons. The van der Waals surface area contributed by atoms with Crippen LogP contribution < -0.4 is 5.32 Å². The second-order valence-corrected chi connectivity index (χ2v) is 7.95. The van der Waals surface area contributed by atoms with Crippen molar-refractivity contribution in [3.8, 4) is 0 Å². The van der Waals surface area contributed by atoms with E-state index in [0.717, 1.165) is 0 Å². The zero-order valence-electron chi connectivity index (χ0n) is 17.1. The molecule has 14 heteroatoms. The van der Waals surface area contributed by atoms with Gasteiger partial charge in [-0.25, -0.2) is 0 Å². The summed E-state index contributed by atoms with van der Waals surface area (Å²) in [5.41, 5.74) is -10.5. The summed E-state index contributed by atoms with van der Waals surface area (Å²) in [6, 6.07) is -0.211. The molecule has 0 saturated carbocycles. The van der Waals surface area contributed by atoms with Crippen molar-refractivity contribution in [1.82, 2.24) is 5.32 Å². The second-order valence-electron chi connectivity index (χ2n) is 7.95. The van der Waals surface area contributed by atoms with Crippen molar-refractivity contribution in [3.63, 3.8) is 0 Å². The lowest BCUT2D eigenvalue weighted by atomic mass is 9.83. The van der Waals surface area contributed by atoms with Gasteiger partial charge in [-0.05, 0) is 65.9 Å². The van der Waals surface area contributed by atoms with Gasteiger partial charge in [0.2, 0.25) is 0 Å². The number of nitrogens with one attached hydrogen (secondary N) is 1. The first-order valence-electron chi connectivity index (χ1n) is 9.80. The molecule has 2 aromatic carbocycles. The highest BCUT2D eigenvalue weighted by Gasteiger charge is 2.43. The molecular formula is C21H15F12NO. The highest BCUT2D eigenvalue weighted by molar-refractivity contribution is 5.49. The van der Waals surface area contributed by atoms with Crippen LogP contribution in [0.15, 0.2) is 30.3 Å². The first-order valence-corrected chi connectivity index (χ1v) is 9.80. The predicted octanol–water partition coefficient (Wildman–Crippen LogP) is 6.92. The Labute approximate surface area is 189 Å². The first kappa shape index (κ1) is 27.1. The lowest BCUT2D eigenvalue weighted by molar-refractivity contribution is -0.144. The number of hydrogen-bond donors (Lipinski definition) is 2. The van der Waals surface area contributed by atoms with Gasteiger partial charge in [0.1, 0.15) is 6.10 Å². The fourth-order valence-corrected chi connectivity index (χ4v) is 3.97. The number of alkyl halides is 12. The van der Waals surface area contributed by atoms with Gasteiger partial charge in [-0.1, -0.05) is 0 Å². The molecule has 2 nitrogen and oxygen atoms in total. The maximum atomic E-state index is 13.8. The van der Waals surface area contributed by atoms with E-state index in [-0.39, 0.29) is 49.8 Å². The van der Waals surface area contributed by atoms with Crippen molar-refractivity contribution in [2.24, 2.45) is 0 Å². The molecule has 35 heavy (non-hydrogen) atoms. The van der Waals surface area contributed by atoms with E-state index in [0.29, 0.717) is 0 Å². The van der Waals surface area contributed by atoms with Crippen molar-refractivity contribution >= 4 is 0 Å². The Bertz CT molecular complexity index is 1040. The van der Waals surface area contributed by atoms with Gasteiger partial charge in [0.25, 0.3) is 0 Å². The molecule has 1 saturated heterocycles. The van der Waals surface area contributed by atoms with Gasteiger partial charge in [-0.3, -0.25) is 0 Å². The monoisotopic (exact) mass is 525 g/mol. The van der Waals surface area contributed by atoms with E-state index in [9.17, 15) is 57.8 Å². The fourth-order valence-electron chi connectivity index (χ4n) is 3.97. The van der Waals surface area contributed by atoms with Gasteiger partial charge in [-0.15, -0.1) is 0 Å². The van der Waals surface area contributed by atoms with E-state index in [1.807, 2.05) is 0 Å². The highest BCUT2D eigenvalue weighted by Crippen LogP contribution is 2.46. The summed E-state index contributed by atoms with van der Waals surface area (Å²) in [6.07, 6.45) is -24.1. The molecule has 0 amide bonds. The number of aliphatic hydroxyl groups excluding tert-OH is 1. The minimum atomic E-state index is -5.36. The zero-order valence-corrected chi connectivity index (χ0v) is 17.1. The number of halogens is 12. The van der Waals surface area contributed by atoms with Crippen LogP contribution in [0.3, 0.4) is 0 Å². The van der Waals surface area contributed by atoms with E-state index in [1.54, 1.807) is 0 Å². The number of benzene rings is 2. The molecule has 2 unspecified atom stereocenters. The molecule has 0 bridgehead atoms. The van der Waals surface area contributed by atoms with E-state index >= 15 is 0 Å². The minimum absolute atomic E-state index is 0.0233. The van der Waals surface area contributed by atoms with Crippen LogP contribution in [0.25, 0.3) is 0 Å². The standard InChI is InChI=1S/C21H15F12NO/c22-18(23,24)11-3-10(4-12(5-11)19(25,26)27)17(35)14-6-13(20(28,29)30)7-15(21(31,32)33)16(14)9-1-2-34-8-9/h3-7,9,17,34-35H,1-2,8H2. The molecule has 1 aliphatic rings. The summed E-state index contributed by atoms with van der Waals surface area (Å²) in [7, 11) is 0. The molecule has 0 aliphatic carbocycles. The summed E-state index contributed by atoms with van der Waals surface area (Å²) in [5, 5.41) is 13.4. The van der Waals surface area contributed by atoms with Gasteiger partial charge in [-0.2, -0.15) is 52.7 Å². The predicted molar refractivity (Wildman–Crippen MR) is 97.2 cm³/mol. The van der Waals surface area contributed by atoms with Crippen LogP contribution in [0.1, 0.15) is 57.4 Å². The van der Waals surface area contributed by atoms with E-state index in [2.05, 4.69) is 5.32 Å². The largest absolute Gasteiger partial charge is 0.416 e. The van der Waals surface area contributed by atoms with Gasteiger partial charge >= 0.3 is 24.7 Å². The van der Waals surface area contributed by atoms with Gasteiger partial charge in [0.05, 0.1) is 22.3 Å². The molecule has 1 fully saturated rings. The Morgan fingerprint density at radius 3 is 1.57 bits per heavy atom. The average Bonchev–Trinajstić information content (AvgIpc) is 3.23. The Morgan fingerprint density at radius 1 is 0.686 bits per heavy atom. The second kappa shape index (κ2) is 8.87. The Hall–Kier alpha value is -2.48. The molecule has 3 rings (SSSR count). The van der Waals surface area contributed by atoms with E-state index in [1.165, 1.54) is 0 Å². The van der Waals surface area contributed by atoms with Crippen LogP contribution in [0.4, 0.5) is 52.7 Å². The lowest BCUT2D eigenvalue weighted by Crippen LogP contribution is -2.21. The summed E-state index contributed by atoms with van der Waals surface area (Å²) in [5.74, 6) is -1.11. The SMILES string of the molecule is OC(c1cc(C(F)(F)F)cc(C(F)(F)F)c1)c1cc(C(F)(F)F)cc(C(F)(F)F)c1C1CCNC1. The molecule has 0 spiro atoms. The molecule has 1 aliphatic heterocycles. The van der Waals surface area contributed by atoms with Crippen LogP contribution in [0.2, 0.25) is 0 Å². The van der Waals surface area contributed by atoms with Crippen molar-refractivity contribution in [2.75, 3.05) is 13.1 Å². The fraction of sp³-hybridized carbons (Fsp3) is 0.429. The average molecular weight is 525 g/mol. The number of hydrogen-bond acceptors (Lipinski definition) is 2. The van der Waals surface area contributed by atoms with E-state index < -0.39 is 75.7 Å². The Morgan fingerprint density at radius 2 is 1.17 bits per heavy atom. The Kier molecular flexibility index (Phi) is 6.87. The molecule has 194 valence electrons. The van der Waals surface area contributed by atoms with Crippen molar-refractivity contribution in [2.45, 2.75) is 43.1 Å². The van der Waals surface area contributed by atoms with Crippen LogP contribution in [0, 0.1) is 0 Å². The van der Waals surface area contributed by atoms with Gasteiger partial charge in [0.15, 0.2) is 0 Å². The highest BCUT2D eigenvalue weighted by atomic mass is 19.4. The maximum Gasteiger partial charge on any atom is 0.416 e. The van der Waals surface area contributed by atoms with Crippen molar-refractivity contribution in [3.05, 3.63) is 69.3 Å². The maximum absolute atomic E-state index is 13.8. The third kappa shape index (κ3) is 5.85. The van der Waals surface area contributed by atoms with Crippen LogP contribution in [-0.4, -0.2) is 18.2 Å². The molecule has 0 aromatic heterocycles. The number of rotatable bonds is 3. The molecule has 2 atom stereocenters. The number of aliphatic hydroxyl groups is 1. The van der Waals surface area contributed by atoms with E-state index in [4.69, 9.17) is 0 Å².